The molecule has 2 aromatic rings. The molecule has 3 rings (SSSR count). The number of hydrogen-bond donors (Lipinski definition) is 1. The fraction of sp³-hybridized carbons (Fsp3) is 0.500. The molecule has 1 amide bonds. The second-order valence-electron chi connectivity index (χ2n) is 7.79. The van der Waals surface area contributed by atoms with Crippen molar-refractivity contribution < 1.29 is 9.21 Å². The van der Waals surface area contributed by atoms with Crippen molar-refractivity contribution in [3.8, 4) is 0 Å². The lowest BCUT2D eigenvalue weighted by Gasteiger charge is -2.37. The van der Waals surface area contributed by atoms with Gasteiger partial charge in [-0.05, 0) is 12.1 Å². The van der Waals surface area contributed by atoms with E-state index < -0.39 is 0 Å². The summed E-state index contributed by atoms with van der Waals surface area (Å²) in [4.78, 5) is 28.3. The Kier molecular flexibility index (Phi) is 5.32. The van der Waals surface area contributed by atoms with Gasteiger partial charge >= 0.3 is 5.63 Å². The third kappa shape index (κ3) is 4.25. The Morgan fingerprint density at radius 2 is 1.85 bits per heavy atom. The van der Waals surface area contributed by atoms with Gasteiger partial charge in [0.25, 0.3) is 0 Å². The van der Waals surface area contributed by atoms with Crippen molar-refractivity contribution in [1.29, 1.82) is 0 Å². The Balaban J connectivity index is 1.53. The molecular formula is C20H27N3O3. The average Bonchev–Trinajstić information content (AvgIpc) is 2.60. The van der Waals surface area contributed by atoms with Crippen LogP contribution in [0.1, 0.15) is 20.8 Å². The Hall–Kier alpha value is -2.34. The van der Waals surface area contributed by atoms with Crippen LogP contribution in [0, 0.1) is 5.41 Å². The molecule has 1 aliphatic rings. The molecule has 0 saturated carbocycles. The van der Waals surface area contributed by atoms with Gasteiger partial charge in [0, 0.05) is 56.1 Å². The molecular weight excluding hydrogens is 330 g/mol. The van der Waals surface area contributed by atoms with Crippen molar-refractivity contribution in [3.63, 3.8) is 0 Å². The summed E-state index contributed by atoms with van der Waals surface area (Å²) in [6.07, 6.45) is 0. The molecule has 1 N–H and O–H groups in total. The molecule has 140 valence electrons. The molecule has 0 unspecified atom stereocenters. The average molecular weight is 357 g/mol. The van der Waals surface area contributed by atoms with Crippen LogP contribution in [0.15, 0.2) is 39.5 Å². The molecule has 1 aliphatic heterocycles. The minimum absolute atomic E-state index is 0.220. The van der Waals surface area contributed by atoms with Gasteiger partial charge in [0.05, 0.1) is 5.69 Å². The van der Waals surface area contributed by atoms with Crippen LogP contribution in [0.5, 0.6) is 0 Å². The van der Waals surface area contributed by atoms with Crippen molar-refractivity contribution in [1.82, 2.24) is 9.80 Å². The van der Waals surface area contributed by atoms with Gasteiger partial charge in [-0.2, -0.15) is 0 Å². The predicted molar refractivity (Wildman–Crippen MR) is 103 cm³/mol. The summed E-state index contributed by atoms with van der Waals surface area (Å²) in [5, 5.41) is 4.26. The first-order chi connectivity index (χ1) is 12.3. The monoisotopic (exact) mass is 357 g/mol. The summed E-state index contributed by atoms with van der Waals surface area (Å²) in [5.74, 6) is 0.220. The van der Waals surface area contributed by atoms with Crippen molar-refractivity contribution in [2.24, 2.45) is 5.41 Å². The third-order valence-corrected chi connectivity index (χ3v) is 4.69. The van der Waals surface area contributed by atoms with Crippen molar-refractivity contribution >= 4 is 22.6 Å². The van der Waals surface area contributed by atoms with Crippen LogP contribution < -0.4 is 10.9 Å². The largest absolute Gasteiger partial charge is 0.423 e. The first kappa shape index (κ1) is 18.5. The molecule has 0 spiro atoms. The molecule has 1 aromatic carbocycles. The highest BCUT2D eigenvalue weighted by atomic mass is 16.4. The van der Waals surface area contributed by atoms with Gasteiger partial charge in [0.1, 0.15) is 5.58 Å². The Labute approximate surface area is 153 Å². The number of piperazine rings is 1. The van der Waals surface area contributed by atoms with Gasteiger partial charge in [-0.3, -0.25) is 9.69 Å². The molecule has 0 bridgehead atoms. The highest BCUT2D eigenvalue weighted by Gasteiger charge is 2.29. The molecule has 6 heteroatoms. The number of anilines is 1. The van der Waals surface area contributed by atoms with Crippen molar-refractivity contribution in [3.05, 3.63) is 40.8 Å². The number of fused-ring (bicyclic) bond motifs is 1. The number of nitrogens with zero attached hydrogens (tertiary/aromatic N) is 2. The predicted octanol–water partition coefficient (Wildman–Crippen LogP) is 2.40. The highest BCUT2D eigenvalue weighted by molar-refractivity contribution is 5.89. The Bertz CT molecular complexity index is 830. The Morgan fingerprint density at radius 3 is 2.54 bits per heavy atom. The zero-order valence-corrected chi connectivity index (χ0v) is 15.7. The van der Waals surface area contributed by atoms with Crippen LogP contribution in [-0.4, -0.2) is 55.0 Å². The minimum atomic E-state index is -0.347. The number of amides is 1. The number of para-hydroxylation sites is 1. The number of rotatable bonds is 4. The van der Waals surface area contributed by atoms with Crippen LogP contribution in [0.4, 0.5) is 5.69 Å². The van der Waals surface area contributed by atoms with Gasteiger partial charge in [-0.25, -0.2) is 4.79 Å². The van der Waals surface area contributed by atoms with E-state index >= 15 is 0 Å². The van der Waals surface area contributed by atoms with E-state index in [-0.39, 0.29) is 16.9 Å². The van der Waals surface area contributed by atoms with Crippen LogP contribution >= 0.6 is 0 Å². The van der Waals surface area contributed by atoms with Crippen molar-refractivity contribution in [2.45, 2.75) is 20.8 Å². The number of hydrogen-bond acceptors (Lipinski definition) is 5. The first-order valence-electron chi connectivity index (χ1n) is 9.13. The molecule has 0 radical (unpaired) electrons. The molecule has 6 nitrogen and oxygen atoms in total. The number of carbonyl (C=O) groups excluding carboxylic acids is 1. The van der Waals surface area contributed by atoms with E-state index in [1.165, 1.54) is 6.07 Å². The normalized spacial score (nSPS) is 16.0. The second-order valence-corrected chi connectivity index (χ2v) is 7.79. The third-order valence-electron chi connectivity index (χ3n) is 4.69. The standard InChI is InChI=1S/C20H27N3O3/c1-20(2,3)19(25)23-12-10-22(11-13-23)9-8-21-16-14-18(24)26-17-7-5-4-6-15(16)17/h4-7,14,21H,8-13H2,1-3H3. The first-order valence-corrected chi connectivity index (χ1v) is 9.13. The molecule has 1 aromatic heterocycles. The minimum Gasteiger partial charge on any atom is -0.423 e. The van der Waals surface area contributed by atoms with E-state index in [2.05, 4.69) is 10.2 Å². The summed E-state index contributed by atoms with van der Waals surface area (Å²) >= 11 is 0. The van der Waals surface area contributed by atoms with E-state index in [0.717, 1.165) is 50.3 Å². The van der Waals surface area contributed by atoms with E-state index in [1.54, 1.807) is 6.07 Å². The van der Waals surface area contributed by atoms with E-state index in [1.807, 2.05) is 43.9 Å². The van der Waals surface area contributed by atoms with Crippen LogP contribution in [0.2, 0.25) is 0 Å². The van der Waals surface area contributed by atoms with Crippen LogP contribution in [0.3, 0.4) is 0 Å². The number of nitrogens with one attached hydrogen (secondary N) is 1. The van der Waals surface area contributed by atoms with E-state index in [9.17, 15) is 9.59 Å². The number of carbonyl (C=O) groups is 1. The van der Waals surface area contributed by atoms with E-state index in [4.69, 9.17) is 4.42 Å². The van der Waals surface area contributed by atoms with Crippen LogP contribution in [0.25, 0.3) is 11.0 Å². The molecule has 1 saturated heterocycles. The maximum absolute atomic E-state index is 12.3. The summed E-state index contributed by atoms with van der Waals surface area (Å²) in [6, 6.07) is 9.03. The fourth-order valence-electron chi connectivity index (χ4n) is 3.26. The zero-order chi connectivity index (χ0) is 18.7. The molecule has 0 aliphatic carbocycles. The summed E-state index contributed by atoms with van der Waals surface area (Å²) in [7, 11) is 0. The number of benzene rings is 1. The van der Waals surface area contributed by atoms with Crippen LogP contribution in [-0.2, 0) is 4.79 Å². The summed E-state index contributed by atoms with van der Waals surface area (Å²) in [5.41, 5.74) is 0.731. The SMILES string of the molecule is CC(C)(C)C(=O)N1CCN(CCNc2cc(=O)oc3ccccc23)CC1. The smallest absolute Gasteiger partial charge is 0.338 e. The lowest BCUT2D eigenvalue weighted by Crippen LogP contribution is -2.52. The van der Waals surface area contributed by atoms with Gasteiger partial charge < -0.3 is 14.6 Å². The molecule has 1 fully saturated rings. The molecule has 0 atom stereocenters. The summed E-state index contributed by atoms with van der Waals surface area (Å²) in [6.45, 7) is 10.8. The van der Waals surface area contributed by atoms with Gasteiger partial charge in [-0.1, -0.05) is 32.9 Å². The highest BCUT2D eigenvalue weighted by Crippen LogP contribution is 2.21. The van der Waals surface area contributed by atoms with Gasteiger partial charge in [-0.15, -0.1) is 0 Å². The fourth-order valence-corrected chi connectivity index (χ4v) is 3.26. The summed E-state index contributed by atoms with van der Waals surface area (Å²) < 4.78 is 5.22. The lowest BCUT2D eigenvalue weighted by molar-refractivity contribution is -0.141. The zero-order valence-electron chi connectivity index (χ0n) is 15.7. The van der Waals surface area contributed by atoms with E-state index in [0.29, 0.717) is 5.58 Å². The lowest BCUT2D eigenvalue weighted by atomic mass is 9.94. The maximum Gasteiger partial charge on any atom is 0.338 e. The molecule has 26 heavy (non-hydrogen) atoms. The maximum atomic E-state index is 12.3. The quantitative estimate of drug-likeness (QED) is 0.851. The second kappa shape index (κ2) is 7.50. The molecule has 2 heterocycles. The topological polar surface area (TPSA) is 65.8 Å². The Morgan fingerprint density at radius 1 is 1.15 bits per heavy atom. The van der Waals surface area contributed by atoms with Gasteiger partial charge in [0.15, 0.2) is 0 Å². The van der Waals surface area contributed by atoms with Crippen molar-refractivity contribution in [2.75, 3.05) is 44.6 Å². The van der Waals surface area contributed by atoms with Gasteiger partial charge in [0.2, 0.25) is 5.91 Å².